The van der Waals surface area contributed by atoms with E-state index in [1.54, 1.807) is 0 Å². The average molecular weight is 255 g/mol. The number of hydrogen-bond donors (Lipinski definition) is 1. The summed E-state index contributed by atoms with van der Waals surface area (Å²) in [4.78, 5) is 0. The minimum Gasteiger partial charge on any atom is -0.312 e. The van der Waals surface area contributed by atoms with Crippen LogP contribution in [0.25, 0.3) is 5.69 Å². The molecule has 2 aromatic rings. The fourth-order valence-corrected chi connectivity index (χ4v) is 2.80. The van der Waals surface area contributed by atoms with Gasteiger partial charge in [0.15, 0.2) is 0 Å². The van der Waals surface area contributed by atoms with Gasteiger partial charge in [0, 0.05) is 12.2 Å². The molecule has 1 aromatic heterocycles. The maximum absolute atomic E-state index is 4.77. The number of benzene rings is 1. The fourth-order valence-electron chi connectivity index (χ4n) is 2.80. The molecule has 19 heavy (non-hydrogen) atoms. The van der Waals surface area contributed by atoms with Crippen molar-refractivity contribution in [3.8, 4) is 5.69 Å². The molecule has 1 aromatic carbocycles. The second-order valence-corrected chi connectivity index (χ2v) is 5.09. The smallest absolute Gasteiger partial charge is 0.0696 e. The van der Waals surface area contributed by atoms with Crippen molar-refractivity contribution in [2.45, 2.75) is 39.7 Å². The van der Waals surface area contributed by atoms with E-state index in [1.165, 1.54) is 28.2 Å². The van der Waals surface area contributed by atoms with E-state index < -0.39 is 0 Å². The summed E-state index contributed by atoms with van der Waals surface area (Å²) < 4.78 is 2.14. The van der Waals surface area contributed by atoms with Gasteiger partial charge in [0.25, 0.3) is 0 Å². The molecule has 3 rings (SSSR count). The summed E-state index contributed by atoms with van der Waals surface area (Å²) in [5.74, 6) is 0. The second kappa shape index (κ2) is 5.17. The molecule has 100 valence electrons. The van der Waals surface area contributed by atoms with Crippen molar-refractivity contribution in [1.82, 2.24) is 15.1 Å². The van der Waals surface area contributed by atoms with Crippen LogP contribution in [0, 0.1) is 0 Å². The molecule has 0 radical (unpaired) electrons. The van der Waals surface area contributed by atoms with Crippen LogP contribution in [-0.4, -0.2) is 16.3 Å². The van der Waals surface area contributed by atoms with Crippen LogP contribution >= 0.6 is 0 Å². The normalized spacial score (nSPS) is 14.4. The molecule has 1 aliphatic heterocycles. The summed E-state index contributed by atoms with van der Waals surface area (Å²) in [6, 6.07) is 8.83. The summed E-state index contributed by atoms with van der Waals surface area (Å²) in [7, 11) is 0. The zero-order chi connectivity index (χ0) is 13.2. The van der Waals surface area contributed by atoms with Gasteiger partial charge in [-0.25, -0.2) is 4.68 Å². The predicted octanol–water partition coefficient (Wildman–Crippen LogP) is 2.64. The fraction of sp³-hybridized carbons (Fsp3) is 0.438. The van der Waals surface area contributed by atoms with Crippen molar-refractivity contribution >= 4 is 0 Å². The van der Waals surface area contributed by atoms with Crippen LogP contribution in [0.3, 0.4) is 0 Å². The highest BCUT2D eigenvalue weighted by Gasteiger charge is 2.16. The Morgan fingerprint density at radius 3 is 2.95 bits per heavy atom. The molecule has 0 unspecified atom stereocenters. The van der Waals surface area contributed by atoms with E-state index in [9.17, 15) is 0 Å². The number of fused-ring (bicyclic) bond motifs is 1. The molecular weight excluding hydrogens is 234 g/mol. The van der Waals surface area contributed by atoms with Crippen LogP contribution < -0.4 is 5.32 Å². The van der Waals surface area contributed by atoms with Gasteiger partial charge < -0.3 is 5.32 Å². The van der Waals surface area contributed by atoms with Gasteiger partial charge in [-0.2, -0.15) is 5.10 Å². The molecule has 0 atom stereocenters. The van der Waals surface area contributed by atoms with E-state index in [0.717, 1.165) is 32.4 Å². The van der Waals surface area contributed by atoms with Crippen molar-refractivity contribution in [2.75, 3.05) is 6.54 Å². The molecule has 1 aliphatic rings. The number of hydrogen-bond acceptors (Lipinski definition) is 2. The number of aromatic nitrogens is 2. The van der Waals surface area contributed by atoms with Gasteiger partial charge >= 0.3 is 0 Å². The summed E-state index contributed by atoms with van der Waals surface area (Å²) in [6.07, 6.45) is 3.13. The minimum absolute atomic E-state index is 0.954. The summed E-state index contributed by atoms with van der Waals surface area (Å²) >= 11 is 0. The van der Waals surface area contributed by atoms with Gasteiger partial charge in [0.05, 0.1) is 11.4 Å². The van der Waals surface area contributed by atoms with E-state index in [0.29, 0.717) is 0 Å². The molecule has 2 heterocycles. The van der Waals surface area contributed by atoms with E-state index >= 15 is 0 Å². The molecule has 0 fully saturated rings. The molecule has 0 bridgehead atoms. The molecule has 0 saturated carbocycles. The monoisotopic (exact) mass is 255 g/mol. The molecule has 0 aliphatic carbocycles. The first-order valence-corrected chi connectivity index (χ1v) is 7.23. The van der Waals surface area contributed by atoms with Crippen molar-refractivity contribution in [3.05, 3.63) is 46.8 Å². The quantitative estimate of drug-likeness (QED) is 0.913. The van der Waals surface area contributed by atoms with Gasteiger partial charge in [0.1, 0.15) is 0 Å². The predicted molar refractivity (Wildman–Crippen MR) is 77.7 cm³/mol. The highest BCUT2D eigenvalue weighted by Crippen LogP contribution is 2.23. The number of nitrogens with zero attached hydrogens (tertiary/aromatic N) is 2. The number of nitrogens with one attached hydrogen (secondary N) is 1. The van der Waals surface area contributed by atoms with Gasteiger partial charge in [-0.05, 0) is 49.1 Å². The van der Waals surface area contributed by atoms with E-state index in [2.05, 4.69) is 48.1 Å². The van der Waals surface area contributed by atoms with Crippen LogP contribution in [0.1, 0.15) is 36.4 Å². The van der Waals surface area contributed by atoms with E-state index in [4.69, 9.17) is 5.10 Å². The first kappa shape index (κ1) is 12.4. The third kappa shape index (κ3) is 2.19. The van der Waals surface area contributed by atoms with Crippen LogP contribution in [0.15, 0.2) is 24.3 Å². The highest BCUT2D eigenvalue weighted by molar-refractivity contribution is 5.47. The first-order chi connectivity index (χ1) is 9.33. The van der Waals surface area contributed by atoms with Crippen LogP contribution in [0.4, 0.5) is 0 Å². The van der Waals surface area contributed by atoms with Crippen LogP contribution in [-0.2, 0) is 25.8 Å². The van der Waals surface area contributed by atoms with Gasteiger partial charge in [-0.1, -0.05) is 26.0 Å². The summed E-state index contributed by atoms with van der Waals surface area (Å²) in [5, 5.41) is 8.24. The minimum atomic E-state index is 0.954. The Labute approximate surface area is 114 Å². The molecule has 3 heteroatoms. The zero-order valence-corrected chi connectivity index (χ0v) is 11.7. The standard InChI is InChI=1S/C16H21N3/c1-3-13-10-14(4-2)19(18-13)16-7-5-6-12-8-9-17-11-15(12)16/h5-7,10,17H,3-4,8-9,11H2,1-2H3. The maximum Gasteiger partial charge on any atom is 0.0696 e. The number of aryl methyl sites for hydroxylation is 2. The third-order valence-electron chi connectivity index (χ3n) is 3.91. The summed E-state index contributed by atoms with van der Waals surface area (Å²) in [6.45, 7) is 6.39. The van der Waals surface area contributed by atoms with Crippen LogP contribution in [0.2, 0.25) is 0 Å². The van der Waals surface area contributed by atoms with Gasteiger partial charge in [-0.3, -0.25) is 0 Å². The topological polar surface area (TPSA) is 29.9 Å². The lowest BCUT2D eigenvalue weighted by molar-refractivity contribution is 0.634. The summed E-state index contributed by atoms with van der Waals surface area (Å²) in [5.41, 5.74) is 6.61. The lowest BCUT2D eigenvalue weighted by Gasteiger charge is -2.21. The zero-order valence-electron chi connectivity index (χ0n) is 11.7. The van der Waals surface area contributed by atoms with E-state index in [-0.39, 0.29) is 0 Å². The number of rotatable bonds is 3. The Bertz CT molecular complexity index is 584. The van der Waals surface area contributed by atoms with Crippen molar-refractivity contribution in [1.29, 1.82) is 0 Å². The van der Waals surface area contributed by atoms with Crippen molar-refractivity contribution < 1.29 is 0 Å². The van der Waals surface area contributed by atoms with Gasteiger partial charge in [0.2, 0.25) is 0 Å². The molecule has 0 spiro atoms. The SMILES string of the molecule is CCc1cc(CC)n(-c2cccc3c2CNCC3)n1. The molecule has 1 N–H and O–H groups in total. The highest BCUT2D eigenvalue weighted by atomic mass is 15.3. The molecular formula is C16H21N3. The maximum atomic E-state index is 4.77. The molecule has 0 saturated heterocycles. The second-order valence-electron chi connectivity index (χ2n) is 5.09. The molecule has 0 amide bonds. The Morgan fingerprint density at radius 1 is 1.26 bits per heavy atom. The van der Waals surface area contributed by atoms with Crippen molar-refractivity contribution in [3.63, 3.8) is 0 Å². The largest absolute Gasteiger partial charge is 0.312 e. The Hall–Kier alpha value is -1.61. The molecule has 3 nitrogen and oxygen atoms in total. The van der Waals surface area contributed by atoms with Gasteiger partial charge in [-0.15, -0.1) is 0 Å². The Kier molecular flexibility index (Phi) is 3.38. The van der Waals surface area contributed by atoms with E-state index in [1.807, 2.05) is 0 Å². The Morgan fingerprint density at radius 2 is 2.16 bits per heavy atom. The Balaban J connectivity index is 2.13. The van der Waals surface area contributed by atoms with Crippen molar-refractivity contribution in [2.24, 2.45) is 0 Å². The lowest BCUT2D eigenvalue weighted by Crippen LogP contribution is -2.25. The third-order valence-corrected chi connectivity index (χ3v) is 3.91. The van der Waals surface area contributed by atoms with Crippen LogP contribution in [0.5, 0.6) is 0 Å². The average Bonchev–Trinajstić information content (AvgIpc) is 2.90. The first-order valence-electron chi connectivity index (χ1n) is 7.23. The lowest BCUT2D eigenvalue weighted by atomic mass is 9.99.